The van der Waals surface area contributed by atoms with Crippen LogP contribution in [0.5, 0.6) is 6.01 Å². The third-order valence-corrected chi connectivity index (χ3v) is 2.87. The summed E-state index contributed by atoms with van der Waals surface area (Å²) >= 11 is 0. The first-order valence-corrected chi connectivity index (χ1v) is 6.13. The Morgan fingerprint density at radius 2 is 1.95 bits per heavy atom. The largest absolute Gasteiger partial charge is 0.467 e. The molecule has 20 heavy (non-hydrogen) atoms. The van der Waals surface area contributed by atoms with Gasteiger partial charge in [0.05, 0.1) is 12.6 Å². The molecule has 2 aromatic heterocycles. The van der Waals surface area contributed by atoms with E-state index in [0.29, 0.717) is 11.8 Å². The Kier molecular flexibility index (Phi) is 3.12. The van der Waals surface area contributed by atoms with Gasteiger partial charge in [0.15, 0.2) is 5.82 Å². The Balaban J connectivity index is 2.14. The minimum Gasteiger partial charge on any atom is -0.467 e. The molecule has 0 fully saturated rings. The van der Waals surface area contributed by atoms with Gasteiger partial charge in [-0.25, -0.2) is 0 Å². The van der Waals surface area contributed by atoms with Crippen molar-refractivity contribution < 1.29 is 4.74 Å². The van der Waals surface area contributed by atoms with Gasteiger partial charge in [0.1, 0.15) is 0 Å². The molecule has 0 unspecified atom stereocenters. The lowest BCUT2D eigenvalue weighted by atomic mass is 10.1. The number of benzene rings is 1. The van der Waals surface area contributed by atoms with E-state index in [1.807, 2.05) is 30.3 Å². The number of nitrogens with one attached hydrogen (secondary N) is 1. The lowest BCUT2D eigenvalue weighted by Gasteiger charge is -2.06. The van der Waals surface area contributed by atoms with Crippen molar-refractivity contribution in [1.29, 1.82) is 0 Å². The lowest BCUT2D eigenvalue weighted by Crippen LogP contribution is -2.03. The minimum absolute atomic E-state index is 0.271. The average molecular weight is 267 g/mol. The van der Waals surface area contributed by atoms with Crippen LogP contribution in [0.15, 0.2) is 36.5 Å². The molecule has 0 atom stereocenters. The maximum Gasteiger partial charge on any atom is 0.321 e. The summed E-state index contributed by atoms with van der Waals surface area (Å²) in [5.41, 5.74) is 1.76. The number of methoxy groups -OCH3 is 1. The summed E-state index contributed by atoms with van der Waals surface area (Å²) in [7, 11) is 3.27. The van der Waals surface area contributed by atoms with E-state index < -0.39 is 0 Å². The fraction of sp³-hybridized carbons (Fsp3) is 0.143. The van der Waals surface area contributed by atoms with Crippen molar-refractivity contribution in [1.82, 2.24) is 19.9 Å². The van der Waals surface area contributed by atoms with Crippen molar-refractivity contribution in [2.24, 2.45) is 0 Å². The summed E-state index contributed by atoms with van der Waals surface area (Å²) in [6.07, 6.45) is 1.75. The Hall–Kier alpha value is -2.76. The molecule has 0 aliphatic carbocycles. The van der Waals surface area contributed by atoms with Crippen molar-refractivity contribution >= 4 is 16.9 Å². The summed E-state index contributed by atoms with van der Waals surface area (Å²) in [6.45, 7) is 0. The van der Waals surface area contributed by atoms with Crippen LogP contribution in [0, 0.1) is 0 Å². The first-order valence-electron chi connectivity index (χ1n) is 6.13. The van der Waals surface area contributed by atoms with Crippen LogP contribution in [0.2, 0.25) is 0 Å². The van der Waals surface area contributed by atoms with E-state index in [2.05, 4.69) is 25.3 Å². The van der Waals surface area contributed by atoms with Crippen molar-refractivity contribution in [3.05, 3.63) is 36.5 Å². The van der Waals surface area contributed by atoms with Crippen molar-refractivity contribution in [2.45, 2.75) is 0 Å². The zero-order valence-corrected chi connectivity index (χ0v) is 11.2. The number of hydrogen-bond donors (Lipinski definition) is 1. The zero-order chi connectivity index (χ0) is 13.9. The van der Waals surface area contributed by atoms with Gasteiger partial charge in [-0.1, -0.05) is 18.2 Å². The number of ether oxygens (including phenoxy) is 1. The summed E-state index contributed by atoms with van der Waals surface area (Å²) in [5, 5.41) is 3.92. The van der Waals surface area contributed by atoms with Crippen molar-refractivity contribution in [3.63, 3.8) is 0 Å². The molecule has 3 aromatic rings. The van der Waals surface area contributed by atoms with Gasteiger partial charge in [-0.2, -0.15) is 15.0 Å². The molecule has 0 radical (unpaired) electrons. The number of para-hydroxylation sites is 1. The molecule has 3 rings (SSSR count). The topological polar surface area (TPSA) is 72.8 Å². The quantitative estimate of drug-likeness (QED) is 0.783. The highest BCUT2D eigenvalue weighted by atomic mass is 16.5. The fourth-order valence-electron chi connectivity index (χ4n) is 1.88. The normalized spacial score (nSPS) is 10.5. The Bertz CT molecular complexity index is 737. The predicted octanol–water partition coefficient (Wildman–Crippen LogP) is 2.14. The van der Waals surface area contributed by atoms with Crippen LogP contribution in [-0.2, 0) is 0 Å². The number of rotatable bonds is 3. The highest BCUT2D eigenvalue weighted by molar-refractivity contribution is 5.82. The molecule has 2 heterocycles. The number of anilines is 1. The second-order valence-electron chi connectivity index (χ2n) is 4.14. The number of nitrogens with zero attached hydrogens (tertiary/aromatic N) is 4. The maximum atomic E-state index is 5.08. The van der Waals surface area contributed by atoms with Crippen molar-refractivity contribution in [3.8, 4) is 17.4 Å². The molecule has 0 aliphatic rings. The second-order valence-corrected chi connectivity index (χ2v) is 4.14. The molecule has 100 valence electrons. The third-order valence-electron chi connectivity index (χ3n) is 2.87. The van der Waals surface area contributed by atoms with Crippen LogP contribution in [-0.4, -0.2) is 34.1 Å². The predicted molar refractivity (Wildman–Crippen MR) is 76.7 cm³/mol. The van der Waals surface area contributed by atoms with Gasteiger partial charge >= 0.3 is 6.01 Å². The molecule has 6 heteroatoms. The summed E-state index contributed by atoms with van der Waals surface area (Å²) in [4.78, 5) is 17.1. The van der Waals surface area contributed by atoms with Crippen LogP contribution < -0.4 is 10.1 Å². The zero-order valence-electron chi connectivity index (χ0n) is 11.2. The molecule has 6 nitrogen and oxygen atoms in total. The smallest absolute Gasteiger partial charge is 0.321 e. The molecule has 0 saturated carbocycles. The van der Waals surface area contributed by atoms with Gasteiger partial charge < -0.3 is 10.1 Å². The summed E-state index contributed by atoms with van der Waals surface area (Å²) in [6, 6.07) is 10.2. The molecule has 0 amide bonds. The van der Waals surface area contributed by atoms with E-state index >= 15 is 0 Å². The maximum absolute atomic E-state index is 5.08. The highest BCUT2D eigenvalue weighted by Crippen LogP contribution is 2.21. The van der Waals surface area contributed by atoms with Crippen LogP contribution in [0.3, 0.4) is 0 Å². The fourth-order valence-corrected chi connectivity index (χ4v) is 1.88. The number of pyridine rings is 1. The SMILES string of the molecule is CNc1nc(OC)nc(-c2cnc3ccccc3c2)n1. The number of aromatic nitrogens is 4. The van der Waals surface area contributed by atoms with E-state index in [1.54, 1.807) is 13.2 Å². The van der Waals surface area contributed by atoms with E-state index in [4.69, 9.17) is 4.74 Å². The van der Waals surface area contributed by atoms with Crippen LogP contribution >= 0.6 is 0 Å². The standard InChI is InChI=1S/C14H13N5O/c1-15-13-17-12(18-14(19-13)20-2)10-7-9-5-3-4-6-11(9)16-8-10/h3-8H,1-2H3,(H,15,17,18,19). The minimum atomic E-state index is 0.271. The number of hydrogen-bond acceptors (Lipinski definition) is 6. The molecule has 1 aromatic carbocycles. The number of fused-ring (bicyclic) bond motifs is 1. The van der Waals surface area contributed by atoms with Gasteiger partial charge in [-0.05, 0) is 12.1 Å². The van der Waals surface area contributed by atoms with Gasteiger partial charge in [0.2, 0.25) is 5.95 Å². The second kappa shape index (κ2) is 5.08. The van der Waals surface area contributed by atoms with E-state index in [9.17, 15) is 0 Å². The molecular weight excluding hydrogens is 254 g/mol. The molecule has 1 N–H and O–H groups in total. The van der Waals surface area contributed by atoms with E-state index in [-0.39, 0.29) is 6.01 Å². The molecule has 0 spiro atoms. The third kappa shape index (κ3) is 2.23. The monoisotopic (exact) mass is 267 g/mol. The molecule has 0 aliphatic heterocycles. The first-order chi connectivity index (χ1) is 9.80. The molecule has 0 saturated heterocycles. The lowest BCUT2D eigenvalue weighted by molar-refractivity contribution is 0.379. The van der Waals surface area contributed by atoms with Gasteiger partial charge in [0.25, 0.3) is 0 Å². The Morgan fingerprint density at radius 3 is 2.75 bits per heavy atom. The van der Waals surface area contributed by atoms with E-state index in [1.165, 1.54) is 7.11 Å². The van der Waals surface area contributed by atoms with Gasteiger partial charge in [0, 0.05) is 24.2 Å². The van der Waals surface area contributed by atoms with Crippen LogP contribution in [0.1, 0.15) is 0 Å². The molecular formula is C14H13N5O. The van der Waals surface area contributed by atoms with E-state index in [0.717, 1.165) is 16.5 Å². The van der Waals surface area contributed by atoms with Gasteiger partial charge in [-0.15, -0.1) is 0 Å². The summed E-state index contributed by atoms with van der Waals surface area (Å²) < 4.78 is 5.08. The van der Waals surface area contributed by atoms with Crippen LogP contribution in [0.25, 0.3) is 22.3 Å². The first kappa shape index (κ1) is 12.3. The van der Waals surface area contributed by atoms with Crippen LogP contribution in [0.4, 0.5) is 5.95 Å². The molecule has 0 bridgehead atoms. The Morgan fingerprint density at radius 1 is 1.10 bits per heavy atom. The highest BCUT2D eigenvalue weighted by Gasteiger charge is 2.09. The van der Waals surface area contributed by atoms with Gasteiger partial charge in [-0.3, -0.25) is 4.98 Å². The van der Waals surface area contributed by atoms with Crippen molar-refractivity contribution in [2.75, 3.05) is 19.5 Å². The summed E-state index contributed by atoms with van der Waals surface area (Å²) in [5.74, 6) is 0.986. The Labute approximate surface area is 115 Å². The average Bonchev–Trinajstić information content (AvgIpc) is 2.53.